The van der Waals surface area contributed by atoms with Gasteiger partial charge in [-0.05, 0) is 64.0 Å². The number of aryl methyl sites for hydroxylation is 2. The number of carbonyl (C=O) groups excluding carboxylic acids is 2. The summed E-state index contributed by atoms with van der Waals surface area (Å²) < 4.78 is 7.10. The minimum atomic E-state index is -0.231. The highest BCUT2D eigenvalue weighted by Gasteiger charge is 2.11. The van der Waals surface area contributed by atoms with Crippen molar-refractivity contribution in [1.82, 2.24) is 20.1 Å². The molecule has 0 saturated carbocycles. The summed E-state index contributed by atoms with van der Waals surface area (Å²) in [5.41, 5.74) is 9.50. The SMILES string of the molecule is CC.COC(=O)CCc1ccccn1.Cn1nc(Br)c2ccc(CNC(=O)c3ccc(Cl)cc3N)cc21. The van der Waals surface area contributed by atoms with E-state index in [4.69, 9.17) is 17.3 Å². The van der Waals surface area contributed by atoms with Gasteiger partial charge in [-0.25, -0.2) is 0 Å². The molecule has 0 saturated heterocycles. The number of pyridine rings is 1. The van der Waals surface area contributed by atoms with Crippen LogP contribution in [0.5, 0.6) is 0 Å². The first-order valence-electron chi connectivity index (χ1n) is 11.7. The molecule has 196 valence electrons. The Morgan fingerprint density at radius 3 is 2.54 bits per heavy atom. The van der Waals surface area contributed by atoms with Crippen molar-refractivity contribution in [3.63, 3.8) is 0 Å². The van der Waals surface area contributed by atoms with Gasteiger partial charge in [0.05, 0.1) is 24.6 Å². The van der Waals surface area contributed by atoms with E-state index in [0.29, 0.717) is 35.7 Å². The molecule has 0 radical (unpaired) electrons. The molecule has 8 nitrogen and oxygen atoms in total. The van der Waals surface area contributed by atoms with E-state index in [0.717, 1.165) is 26.8 Å². The van der Waals surface area contributed by atoms with E-state index in [1.54, 1.807) is 29.1 Å². The maximum atomic E-state index is 12.2. The highest BCUT2D eigenvalue weighted by atomic mass is 79.9. The number of aromatic nitrogens is 3. The Balaban J connectivity index is 0.000000291. The van der Waals surface area contributed by atoms with Gasteiger partial charge in [-0.15, -0.1) is 0 Å². The van der Waals surface area contributed by atoms with Crippen molar-refractivity contribution in [3.8, 4) is 0 Å². The lowest BCUT2D eigenvalue weighted by molar-refractivity contribution is -0.140. The second kappa shape index (κ2) is 15.0. The number of nitrogens with one attached hydrogen (secondary N) is 1. The van der Waals surface area contributed by atoms with Crippen LogP contribution in [0.4, 0.5) is 5.69 Å². The molecular weight excluding hydrogens is 558 g/mol. The number of ether oxygens (including phenoxy) is 1. The number of methoxy groups -OCH3 is 1. The highest BCUT2D eigenvalue weighted by molar-refractivity contribution is 9.10. The van der Waals surface area contributed by atoms with Gasteiger partial charge in [0.2, 0.25) is 0 Å². The van der Waals surface area contributed by atoms with E-state index >= 15 is 0 Å². The summed E-state index contributed by atoms with van der Waals surface area (Å²) in [6, 6.07) is 16.4. The molecule has 2 aromatic carbocycles. The number of esters is 1. The molecule has 4 aromatic rings. The molecule has 0 aliphatic heterocycles. The summed E-state index contributed by atoms with van der Waals surface area (Å²) in [5, 5.41) is 8.71. The van der Waals surface area contributed by atoms with Crippen LogP contribution in [0.15, 0.2) is 65.4 Å². The molecule has 0 atom stereocenters. The van der Waals surface area contributed by atoms with Gasteiger partial charge >= 0.3 is 5.97 Å². The van der Waals surface area contributed by atoms with Crippen molar-refractivity contribution in [1.29, 1.82) is 0 Å². The zero-order valence-corrected chi connectivity index (χ0v) is 23.6. The Kier molecular flexibility index (Phi) is 12.1. The summed E-state index contributed by atoms with van der Waals surface area (Å²) in [6.07, 6.45) is 2.76. The molecule has 0 unspecified atom stereocenters. The summed E-state index contributed by atoms with van der Waals surface area (Å²) in [7, 11) is 3.27. The molecule has 0 aliphatic carbocycles. The molecule has 37 heavy (non-hydrogen) atoms. The maximum absolute atomic E-state index is 12.2. The first-order chi connectivity index (χ1) is 17.8. The van der Waals surface area contributed by atoms with Crippen LogP contribution in [0.3, 0.4) is 0 Å². The van der Waals surface area contributed by atoms with Crippen molar-refractivity contribution in [2.45, 2.75) is 33.2 Å². The lowest BCUT2D eigenvalue weighted by atomic mass is 10.1. The lowest BCUT2D eigenvalue weighted by Gasteiger charge is -2.08. The van der Waals surface area contributed by atoms with Crippen molar-refractivity contribution in [2.24, 2.45) is 7.05 Å². The quantitative estimate of drug-likeness (QED) is 0.220. The van der Waals surface area contributed by atoms with Crippen molar-refractivity contribution >= 4 is 56.0 Å². The average molecular weight is 589 g/mol. The monoisotopic (exact) mass is 587 g/mol. The van der Waals surface area contributed by atoms with Gasteiger partial charge in [0, 0.05) is 48.0 Å². The molecule has 3 N–H and O–H groups in total. The number of hydrogen-bond acceptors (Lipinski definition) is 6. The number of halogens is 2. The fourth-order valence-electron chi connectivity index (χ4n) is 3.26. The Hall–Kier alpha value is -3.43. The molecule has 2 heterocycles. The Bertz CT molecular complexity index is 1330. The first-order valence-corrected chi connectivity index (χ1v) is 12.9. The normalized spacial score (nSPS) is 10.0. The molecule has 2 aromatic heterocycles. The van der Waals surface area contributed by atoms with Crippen molar-refractivity contribution in [2.75, 3.05) is 12.8 Å². The predicted molar refractivity (Wildman–Crippen MR) is 151 cm³/mol. The maximum Gasteiger partial charge on any atom is 0.305 e. The summed E-state index contributed by atoms with van der Waals surface area (Å²) >= 11 is 9.27. The van der Waals surface area contributed by atoms with Crippen LogP contribution >= 0.6 is 27.5 Å². The zero-order chi connectivity index (χ0) is 27.4. The number of amides is 1. The second-order valence-corrected chi connectivity index (χ2v) is 8.76. The minimum absolute atomic E-state index is 0.194. The number of anilines is 1. The number of rotatable bonds is 6. The zero-order valence-electron chi connectivity index (χ0n) is 21.3. The number of nitrogen functional groups attached to an aromatic ring is 1. The number of nitrogens with two attached hydrogens (primary N) is 1. The molecule has 1 amide bonds. The van der Waals surface area contributed by atoms with Crippen LogP contribution in [0.25, 0.3) is 10.9 Å². The Labute approximate surface area is 230 Å². The van der Waals surface area contributed by atoms with Gasteiger partial charge < -0.3 is 15.8 Å². The number of benzene rings is 2. The Morgan fingerprint density at radius 1 is 1.14 bits per heavy atom. The lowest BCUT2D eigenvalue weighted by Crippen LogP contribution is -2.23. The van der Waals surface area contributed by atoms with Gasteiger partial charge in [-0.3, -0.25) is 19.3 Å². The van der Waals surface area contributed by atoms with Crippen LogP contribution in [0.1, 0.15) is 41.9 Å². The fraction of sp³-hybridized carbons (Fsp3) is 0.259. The minimum Gasteiger partial charge on any atom is -0.469 e. The van der Waals surface area contributed by atoms with Gasteiger partial charge in [0.15, 0.2) is 0 Å². The summed E-state index contributed by atoms with van der Waals surface area (Å²) in [5.74, 6) is -0.425. The third kappa shape index (κ3) is 8.87. The third-order valence-electron chi connectivity index (χ3n) is 5.12. The molecular formula is C27H31BrClN5O3. The van der Waals surface area contributed by atoms with E-state index < -0.39 is 0 Å². The summed E-state index contributed by atoms with van der Waals surface area (Å²) in [4.78, 5) is 27.0. The van der Waals surface area contributed by atoms with Crippen LogP contribution < -0.4 is 11.1 Å². The van der Waals surface area contributed by atoms with Gasteiger partial charge in [-0.1, -0.05) is 37.6 Å². The molecule has 0 bridgehead atoms. The fourth-order valence-corrected chi connectivity index (χ4v) is 4.02. The summed E-state index contributed by atoms with van der Waals surface area (Å²) in [6.45, 7) is 4.40. The van der Waals surface area contributed by atoms with Crippen molar-refractivity contribution in [3.05, 3.63) is 87.2 Å². The van der Waals surface area contributed by atoms with E-state index in [9.17, 15) is 9.59 Å². The predicted octanol–water partition coefficient (Wildman–Crippen LogP) is 5.71. The Morgan fingerprint density at radius 2 is 1.89 bits per heavy atom. The third-order valence-corrected chi connectivity index (χ3v) is 5.94. The topological polar surface area (TPSA) is 112 Å². The molecule has 4 rings (SSSR count). The van der Waals surface area contributed by atoms with Gasteiger partial charge in [0.1, 0.15) is 4.60 Å². The average Bonchev–Trinajstić information content (AvgIpc) is 3.20. The van der Waals surface area contributed by atoms with E-state index in [2.05, 4.69) is 36.1 Å². The number of hydrogen-bond donors (Lipinski definition) is 2. The first kappa shape index (κ1) is 29.8. The van der Waals surface area contributed by atoms with Crippen molar-refractivity contribution < 1.29 is 14.3 Å². The largest absolute Gasteiger partial charge is 0.469 e. The van der Waals surface area contributed by atoms with Crippen LogP contribution in [-0.4, -0.2) is 33.8 Å². The van der Waals surface area contributed by atoms with E-state index in [1.165, 1.54) is 7.11 Å². The highest BCUT2D eigenvalue weighted by Crippen LogP contribution is 2.24. The van der Waals surface area contributed by atoms with Crippen LogP contribution in [0.2, 0.25) is 5.02 Å². The second-order valence-electron chi connectivity index (χ2n) is 7.58. The van der Waals surface area contributed by atoms with Crippen LogP contribution in [-0.2, 0) is 29.5 Å². The standard InChI is InChI=1S/C16H14BrClN4O.C9H11NO2.C2H6/c1-22-14-6-9(2-4-12(14)15(17)21-22)8-20-16(23)11-5-3-10(18)7-13(11)19;1-12-9(11)6-5-8-4-2-3-7-10-8;1-2/h2-7H,8,19H2,1H3,(H,20,23);2-4,7H,5-6H2,1H3;1-2H3. The van der Waals surface area contributed by atoms with Gasteiger partial charge in [0.25, 0.3) is 5.91 Å². The molecule has 10 heteroatoms. The molecule has 0 spiro atoms. The number of nitrogens with zero attached hydrogens (tertiary/aromatic N) is 3. The molecule has 0 fully saturated rings. The molecule has 0 aliphatic rings. The number of fused-ring (bicyclic) bond motifs is 1. The number of carbonyl (C=O) groups is 2. The van der Waals surface area contributed by atoms with E-state index in [1.807, 2.05) is 57.3 Å². The van der Waals surface area contributed by atoms with Crippen LogP contribution in [0, 0.1) is 0 Å². The van der Waals surface area contributed by atoms with Gasteiger partial charge in [-0.2, -0.15) is 5.10 Å². The smallest absolute Gasteiger partial charge is 0.305 e. The van der Waals surface area contributed by atoms with E-state index in [-0.39, 0.29) is 11.9 Å².